The average Bonchev–Trinajstić information content (AvgIpc) is 2.45. The molecule has 110 valence electrons. The minimum Gasteiger partial charge on any atom is -0.277 e. The third-order valence-corrected chi connectivity index (χ3v) is 3.16. The molecule has 0 aliphatic heterocycles. The highest BCUT2D eigenvalue weighted by molar-refractivity contribution is 6.33. The van der Waals surface area contributed by atoms with E-state index in [-0.39, 0.29) is 10.7 Å². The molecular weight excluding hydrogens is 301 g/mol. The van der Waals surface area contributed by atoms with Crippen molar-refractivity contribution < 1.29 is 13.2 Å². The first-order chi connectivity index (χ1) is 9.88. The van der Waals surface area contributed by atoms with E-state index in [1.165, 1.54) is 6.07 Å². The van der Waals surface area contributed by atoms with Crippen molar-refractivity contribution in [3.63, 3.8) is 0 Å². The quantitative estimate of drug-likeness (QED) is 0.611. The summed E-state index contributed by atoms with van der Waals surface area (Å²) in [6.45, 7) is 1.75. The summed E-state index contributed by atoms with van der Waals surface area (Å²) in [6, 6.07) is 12.3. The third-order valence-electron chi connectivity index (χ3n) is 2.83. The first kappa shape index (κ1) is 15.4. The number of nitrogens with one attached hydrogen (secondary N) is 1. The second-order valence-corrected chi connectivity index (χ2v) is 4.77. The summed E-state index contributed by atoms with van der Waals surface area (Å²) in [7, 11) is 0. The molecule has 0 atom stereocenters. The molecule has 0 amide bonds. The highest BCUT2D eigenvalue weighted by Gasteiger charge is 2.30. The highest BCUT2D eigenvalue weighted by atomic mass is 35.5. The van der Waals surface area contributed by atoms with Crippen LogP contribution in [0.4, 0.5) is 18.9 Å². The topological polar surface area (TPSA) is 24.4 Å². The van der Waals surface area contributed by atoms with Gasteiger partial charge in [-0.15, -0.1) is 0 Å². The monoisotopic (exact) mass is 312 g/mol. The molecule has 0 radical (unpaired) electrons. The van der Waals surface area contributed by atoms with Crippen molar-refractivity contribution in [2.75, 3.05) is 5.43 Å². The van der Waals surface area contributed by atoms with Crippen LogP contribution >= 0.6 is 11.6 Å². The lowest BCUT2D eigenvalue weighted by Gasteiger charge is -2.10. The van der Waals surface area contributed by atoms with Crippen LogP contribution in [0, 0.1) is 0 Å². The third kappa shape index (κ3) is 3.98. The summed E-state index contributed by atoms with van der Waals surface area (Å²) in [6.07, 6.45) is -4.42. The van der Waals surface area contributed by atoms with Gasteiger partial charge in [0.05, 0.1) is 22.0 Å². The van der Waals surface area contributed by atoms with E-state index in [2.05, 4.69) is 10.5 Å². The van der Waals surface area contributed by atoms with Crippen molar-refractivity contribution in [2.24, 2.45) is 5.10 Å². The average molecular weight is 313 g/mol. The summed E-state index contributed by atoms with van der Waals surface area (Å²) in [5.74, 6) is 0. The lowest BCUT2D eigenvalue weighted by molar-refractivity contribution is -0.137. The highest BCUT2D eigenvalue weighted by Crippen LogP contribution is 2.33. The molecule has 6 heteroatoms. The summed E-state index contributed by atoms with van der Waals surface area (Å²) in [4.78, 5) is 0. The van der Waals surface area contributed by atoms with Crippen LogP contribution in [0.15, 0.2) is 53.6 Å². The second kappa shape index (κ2) is 6.18. The molecule has 0 spiro atoms. The van der Waals surface area contributed by atoms with Crippen molar-refractivity contribution in [3.8, 4) is 0 Å². The fraction of sp³-hybridized carbons (Fsp3) is 0.133. The number of benzene rings is 2. The zero-order valence-corrected chi connectivity index (χ0v) is 11.8. The molecule has 2 rings (SSSR count). The maximum absolute atomic E-state index is 12.7. The molecule has 2 aromatic rings. The Morgan fingerprint density at radius 3 is 2.38 bits per heavy atom. The number of nitrogens with zero attached hydrogens (tertiary/aromatic N) is 1. The van der Waals surface area contributed by atoms with E-state index >= 15 is 0 Å². The molecule has 0 aliphatic rings. The van der Waals surface area contributed by atoms with Gasteiger partial charge in [0, 0.05) is 0 Å². The summed E-state index contributed by atoms with van der Waals surface area (Å²) >= 11 is 5.88. The predicted molar refractivity (Wildman–Crippen MR) is 78.7 cm³/mol. The van der Waals surface area contributed by atoms with E-state index < -0.39 is 11.7 Å². The predicted octanol–water partition coefficient (Wildman–Crippen LogP) is 5.19. The van der Waals surface area contributed by atoms with Gasteiger partial charge in [0.2, 0.25) is 0 Å². The minimum absolute atomic E-state index is 0.113. The van der Waals surface area contributed by atoms with E-state index in [0.717, 1.165) is 17.7 Å². The minimum atomic E-state index is -4.42. The van der Waals surface area contributed by atoms with Gasteiger partial charge in [-0.25, -0.2) is 0 Å². The Hall–Kier alpha value is -2.01. The van der Waals surface area contributed by atoms with E-state index in [9.17, 15) is 13.2 Å². The fourth-order valence-electron chi connectivity index (χ4n) is 1.68. The van der Waals surface area contributed by atoms with Crippen molar-refractivity contribution in [1.82, 2.24) is 0 Å². The number of alkyl halides is 3. The van der Waals surface area contributed by atoms with Crippen molar-refractivity contribution in [1.29, 1.82) is 0 Å². The van der Waals surface area contributed by atoms with Crippen LogP contribution in [-0.2, 0) is 6.18 Å². The molecule has 0 saturated carbocycles. The normalized spacial score (nSPS) is 12.3. The number of rotatable bonds is 3. The molecule has 2 nitrogen and oxygen atoms in total. The fourth-order valence-corrected chi connectivity index (χ4v) is 1.84. The van der Waals surface area contributed by atoms with E-state index in [4.69, 9.17) is 11.6 Å². The van der Waals surface area contributed by atoms with E-state index in [0.29, 0.717) is 5.71 Å². The van der Waals surface area contributed by atoms with Crippen molar-refractivity contribution >= 4 is 23.0 Å². The smallest absolute Gasteiger partial charge is 0.277 e. The molecule has 0 unspecified atom stereocenters. The van der Waals surface area contributed by atoms with Gasteiger partial charge in [0.15, 0.2) is 0 Å². The second-order valence-electron chi connectivity index (χ2n) is 4.37. The van der Waals surface area contributed by atoms with Crippen LogP contribution in [-0.4, -0.2) is 5.71 Å². The Kier molecular flexibility index (Phi) is 4.53. The Balaban J connectivity index is 2.24. The molecule has 0 fully saturated rings. The zero-order valence-electron chi connectivity index (χ0n) is 11.1. The molecule has 0 heterocycles. The Morgan fingerprint density at radius 1 is 1.10 bits per heavy atom. The van der Waals surface area contributed by atoms with Crippen LogP contribution in [0.2, 0.25) is 5.02 Å². The van der Waals surface area contributed by atoms with Crippen LogP contribution in [0.3, 0.4) is 0 Å². The van der Waals surface area contributed by atoms with Gasteiger partial charge in [0.1, 0.15) is 0 Å². The van der Waals surface area contributed by atoms with Gasteiger partial charge in [-0.1, -0.05) is 41.9 Å². The summed E-state index contributed by atoms with van der Waals surface area (Å²) in [5, 5.41) is 4.24. The van der Waals surface area contributed by atoms with Crippen molar-refractivity contribution in [2.45, 2.75) is 13.1 Å². The first-order valence-electron chi connectivity index (χ1n) is 6.10. The molecule has 0 aliphatic carbocycles. The van der Waals surface area contributed by atoms with Crippen LogP contribution in [0.1, 0.15) is 18.1 Å². The maximum atomic E-state index is 12.7. The first-order valence-corrected chi connectivity index (χ1v) is 6.48. The Morgan fingerprint density at radius 2 is 1.76 bits per heavy atom. The van der Waals surface area contributed by atoms with Crippen LogP contribution in [0.25, 0.3) is 0 Å². The van der Waals surface area contributed by atoms with Gasteiger partial charge < -0.3 is 0 Å². The van der Waals surface area contributed by atoms with Gasteiger partial charge in [-0.05, 0) is 30.7 Å². The van der Waals surface area contributed by atoms with Gasteiger partial charge >= 0.3 is 6.18 Å². The molecule has 0 aromatic heterocycles. The molecule has 1 N–H and O–H groups in total. The molecule has 0 saturated heterocycles. The molecule has 2 aromatic carbocycles. The number of halogens is 4. The number of hydrogen-bond acceptors (Lipinski definition) is 2. The maximum Gasteiger partial charge on any atom is 0.416 e. The Bertz CT molecular complexity index is 652. The van der Waals surface area contributed by atoms with Crippen LogP contribution in [0.5, 0.6) is 0 Å². The molecule has 0 bridgehead atoms. The van der Waals surface area contributed by atoms with Gasteiger partial charge in [-0.3, -0.25) is 5.43 Å². The largest absolute Gasteiger partial charge is 0.416 e. The lowest BCUT2D eigenvalue weighted by Crippen LogP contribution is -2.06. The SMILES string of the molecule is C/C(=N/Nc1cc(C(F)(F)F)ccc1Cl)c1ccccc1. The number of hydrogen-bond donors (Lipinski definition) is 1. The lowest BCUT2D eigenvalue weighted by atomic mass is 10.1. The summed E-state index contributed by atoms with van der Waals surface area (Å²) < 4.78 is 38.0. The van der Waals surface area contributed by atoms with Crippen LogP contribution < -0.4 is 5.43 Å². The molecule has 21 heavy (non-hydrogen) atoms. The standard InChI is InChI=1S/C15H12ClF3N2/c1-10(11-5-3-2-4-6-11)20-21-14-9-12(15(17,18)19)7-8-13(14)16/h2-9,21H,1H3/b20-10-. The Labute approximate surface area is 125 Å². The zero-order chi connectivity index (χ0) is 15.5. The van der Waals surface area contributed by atoms with Crippen molar-refractivity contribution in [3.05, 3.63) is 64.7 Å². The molecular formula is C15H12ClF3N2. The summed E-state index contributed by atoms with van der Waals surface area (Å²) in [5.41, 5.74) is 3.43. The van der Waals surface area contributed by atoms with E-state index in [1.807, 2.05) is 30.3 Å². The van der Waals surface area contributed by atoms with Gasteiger partial charge in [-0.2, -0.15) is 18.3 Å². The van der Waals surface area contributed by atoms with E-state index in [1.54, 1.807) is 6.92 Å². The number of hydrazone groups is 1. The number of anilines is 1. The van der Waals surface area contributed by atoms with Gasteiger partial charge in [0.25, 0.3) is 0 Å².